The first-order valence-corrected chi connectivity index (χ1v) is 6.23. The number of methoxy groups -OCH3 is 1. The summed E-state index contributed by atoms with van der Waals surface area (Å²) in [7, 11) is 3.34. The van der Waals surface area contributed by atoms with Crippen molar-refractivity contribution in [1.29, 1.82) is 0 Å². The minimum atomic E-state index is -0.924. The predicted octanol–water partition coefficient (Wildman–Crippen LogP) is 0.595. The van der Waals surface area contributed by atoms with Gasteiger partial charge >= 0.3 is 0 Å². The monoisotopic (exact) mass is 260 g/mol. The van der Waals surface area contributed by atoms with Crippen LogP contribution in [0, 0.1) is 0 Å². The molecule has 1 heterocycles. The van der Waals surface area contributed by atoms with Crippen LogP contribution in [0.3, 0.4) is 0 Å². The van der Waals surface area contributed by atoms with Gasteiger partial charge in [0, 0.05) is 6.42 Å². The number of tetrazole rings is 1. The molecule has 0 radical (unpaired) electrons. The summed E-state index contributed by atoms with van der Waals surface area (Å²) in [6.07, 6.45) is 1.91. The van der Waals surface area contributed by atoms with Crippen LogP contribution in [0.4, 0.5) is 0 Å². The van der Waals surface area contributed by atoms with Gasteiger partial charge in [0.1, 0.15) is 5.75 Å². The highest BCUT2D eigenvalue weighted by Crippen LogP contribution is 2.40. The minimum Gasteiger partial charge on any atom is -0.497 e. The molecule has 6 nitrogen and oxygen atoms in total. The van der Waals surface area contributed by atoms with Gasteiger partial charge in [-0.25, -0.2) is 0 Å². The van der Waals surface area contributed by atoms with Gasteiger partial charge in [0.15, 0.2) is 5.82 Å². The molecule has 3 rings (SSSR count). The average Bonchev–Trinajstić information content (AvgIpc) is 2.94. The second-order valence-electron chi connectivity index (χ2n) is 4.93. The Morgan fingerprint density at radius 2 is 2.32 bits per heavy atom. The first-order chi connectivity index (χ1) is 9.10. The number of nitrogens with zero attached hydrogens (tertiary/aromatic N) is 4. The Labute approximate surface area is 111 Å². The van der Waals surface area contributed by atoms with Crippen molar-refractivity contribution >= 4 is 0 Å². The van der Waals surface area contributed by atoms with Gasteiger partial charge in [-0.3, -0.25) is 0 Å². The van der Waals surface area contributed by atoms with Crippen LogP contribution in [0.1, 0.15) is 23.4 Å². The number of aryl methyl sites for hydroxylation is 2. The molecule has 0 spiro atoms. The highest BCUT2D eigenvalue weighted by Gasteiger charge is 2.38. The summed E-state index contributed by atoms with van der Waals surface area (Å²) in [5.74, 6) is 1.31. The molecule has 0 saturated heterocycles. The van der Waals surface area contributed by atoms with E-state index in [1.165, 1.54) is 4.80 Å². The number of aromatic nitrogens is 4. The van der Waals surface area contributed by atoms with Crippen molar-refractivity contribution in [3.05, 3.63) is 35.2 Å². The zero-order chi connectivity index (χ0) is 13.5. The molecule has 0 saturated carbocycles. The standard InChI is InChI=1S/C13H16N4O2/c1-17-15-12(14-16-17)8-13(18)6-5-9-3-4-10(19-2)7-11(9)13/h3-4,7,18H,5-6,8H2,1-2H3. The van der Waals surface area contributed by atoms with Crippen LogP contribution < -0.4 is 4.74 Å². The molecule has 0 aliphatic heterocycles. The normalized spacial score (nSPS) is 21.4. The van der Waals surface area contributed by atoms with Gasteiger partial charge in [0.2, 0.25) is 0 Å². The Morgan fingerprint density at radius 3 is 3.00 bits per heavy atom. The molecule has 6 heteroatoms. The summed E-state index contributed by atoms with van der Waals surface area (Å²) in [6, 6.07) is 5.83. The Hall–Kier alpha value is -1.95. The van der Waals surface area contributed by atoms with Crippen LogP contribution in [0.2, 0.25) is 0 Å². The molecule has 0 amide bonds. The Bertz CT molecular complexity index is 610. The lowest BCUT2D eigenvalue weighted by atomic mass is 9.92. The molecule has 1 aliphatic rings. The largest absolute Gasteiger partial charge is 0.497 e. The summed E-state index contributed by atoms with van der Waals surface area (Å²) in [5, 5.41) is 22.7. The smallest absolute Gasteiger partial charge is 0.178 e. The number of hydrogen-bond donors (Lipinski definition) is 1. The molecule has 2 aromatic rings. The van der Waals surface area contributed by atoms with E-state index in [1.807, 2.05) is 18.2 Å². The van der Waals surface area contributed by atoms with E-state index in [0.29, 0.717) is 18.7 Å². The van der Waals surface area contributed by atoms with Crippen LogP contribution >= 0.6 is 0 Å². The molecular formula is C13H16N4O2. The first kappa shape index (κ1) is 12.1. The van der Waals surface area contributed by atoms with E-state index in [-0.39, 0.29) is 0 Å². The summed E-state index contributed by atoms with van der Waals surface area (Å²) in [6.45, 7) is 0. The van der Waals surface area contributed by atoms with Gasteiger partial charge in [0.25, 0.3) is 0 Å². The van der Waals surface area contributed by atoms with Crippen molar-refractivity contribution in [3.63, 3.8) is 0 Å². The molecule has 1 unspecified atom stereocenters. The highest BCUT2D eigenvalue weighted by atomic mass is 16.5. The maximum Gasteiger partial charge on any atom is 0.178 e. The molecule has 1 atom stereocenters. The van der Waals surface area contributed by atoms with Gasteiger partial charge in [-0.15, -0.1) is 10.2 Å². The van der Waals surface area contributed by atoms with E-state index in [4.69, 9.17) is 4.74 Å². The molecule has 0 fully saturated rings. The van der Waals surface area contributed by atoms with Crippen molar-refractivity contribution in [2.45, 2.75) is 24.9 Å². The van der Waals surface area contributed by atoms with Crippen molar-refractivity contribution < 1.29 is 9.84 Å². The zero-order valence-electron chi connectivity index (χ0n) is 11.0. The molecule has 19 heavy (non-hydrogen) atoms. The Kier molecular flexibility index (Phi) is 2.74. The lowest BCUT2D eigenvalue weighted by Crippen LogP contribution is -2.26. The summed E-state index contributed by atoms with van der Waals surface area (Å²) in [4.78, 5) is 1.40. The zero-order valence-corrected chi connectivity index (χ0v) is 11.0. The van der Waals surface area contributed by atoms with Crippen LogP contribution in [0.25, 0.3) is 0 Å². The quantitative estimate of drug-likeness (QED) is 0.874. The fourth-order valence-electron chi connectivity index (χ4n) is 2.65. The van der Waals surface area contributed by atoms with Crippen LogP contribution in [-0.4, -0.2) is 32.4 Å². The second kappa shape index (κ2) is 4.31. The van der Waals surface area contributed by atoms with Gasteiger partial charge in [-0.1, -0.05) is 6.07 Å². The number of hydrogen-bond acceptors (Lipinski definition) is 5. The molecule has 1 N–H and O–H groups in total. The number of benzene rings is 1. The molecule has 1 aromatic heterocycles. The Morgan fingerprint density at radius 1 is 1.47 bits per heavy atom. The highest BCUT2D eigenvalue weighted by molar-refractivity contribution is 5.43. The van der Waals surface area contributed by atoms with Gasteiger partial charge in [-0.2, -0.15) is 4.80 Å². The third-order valence-corrected chi connectivity index (χ3v) is 3.63. The number of rotatable bonds is 3. The maximum absolute atomic E-state index is 10.9. The van der Waals surface area contributed by atoms with Gasteiger partial charge in [-0.05, 0) is 41.3 Å². The fraction of sp³-hybridized carbons (Fsp3) is 0.462. The number of fused-ring (bicyclic) bond motifs is 1. The average molecular weight is 260 g/mol. The third kappa shape index (κ3) is 2.08. The second-order valence-corrected chi connectivity index (χ2v) is 4.93. The summed E-state index contributed by atoms with van der Waals surface area (Å²) < 4.78 is 5.23. The van der Waals surface area contributed by atoms with Crippen LogP contribution in [0.15, 0.2) is 18.2 Å². The molecule has 0 bridgehead atoms. The van der Waals surface area contributed by atoms with E-state index < -0.39 is 5.60 Å². The summed E-state index contributed by atoms with van der Waals surface area (Å²) in [5.41, 5.74) is 1.15. The van der Waals surface area contributed by atoms with Crippen LogP contribution in [0.5, 0.6) is 5.75 Å². The van der Waals surface area contributed by atoms with Crippen molar-refractivity contribution in [2.24, 2.45) is 7.05 Å². The summed E-state index contributed by atoms with van der Waals surface area (Å²) >= 11 is 0. The van der Waals surface area contributed by atoms with Gasteiger partial charge < -0.3 is 9.84 Å². The molecule has 1 aromatic carbocycles. The van der Waals surface area contributed by atoms with E-state index in [9.17, 15) is 5.11 Å². The SMILES string of the molecule is COc1ccc2c(c1)C(O)(Cc1nnn(C)n1)CC2. The predicted molar refractivity (Wildman–Crippen MR) is 67.7 cm³/mol. The topological polar surface area (TPSA) is 73.1 Å². The van der Waals surface area contributed by atoms with Crippen molar-refractivity contribution in [1.82, 2.24) is 20.2 Å². The molecule has 1 aliphatic carbocycles. The van der Waals surface area contributed by atoms with Gasteiger partial charge in [0.05, 0.1) is 19.8 Å². The number of aliphatic hydroxyl groups is 1. The van der Waals surface area contributed by atoms with Crippen molar-refractivity contribution in [2.75, 3.05) is 7.11 Å². The van der Waals surface area contributed by atoms with E-state index >= 15 is 0 Å². The van der Waals surface area contributed by atoms with Crippen LogP contribution in [-0.2, 0) is 25.5 Å². The Balaban J connectivity index is 1.94. The lowest BCUT2D eigenvalue weighted by molar-refractivity contribution is 0.0367. The molecule has 100 valence electrons. The third-order valence-electron chi connectivity index (χ3n) is 3.63. The van der Waals surface area contributed by atoms with Crippen molar-refractivity contribution in [3.8, 4) is 5.75 Å². The van der Waals surface area contributed by atoms with E-state index in [1.54, 1.807) is 14.2 Å². The fourth-order valence-corrected chi connectivity index (χ4v) is 2.65. The molecular weight excluding hydrogens is 244 g/mol. The first-order valence-electron chi connectivity index (χ1n) is 6.23. The minimum absolute atomic E-state index is 0.376. The maximum atomic E-state index is 10.9. The number of ether oxygens (including phenoxy) is 1. The lowest BCUT2D eigenvalue weighted by Gasteiger charge is -2.22. The van der Waals surface area contributed by atoms with E-state index in [2.05, 4.69) is 15.4 Å². The van der Waals surface area contributed by atoms with E-state index in [0.717, 1.165) is 23.3 Å².